The molecule has 0 amide bonds. The van der Waals surface area contributed by atoms with Gasteiger partial charge in [-0.3, -0.25) is 0 Å². The molecule has 12 aromatic rings. The fourth-order valence-electron chi connectivity index (χ4n) is 8.37. The molecular formula is C54H33N3OS. The number of aromatic nitrogens is 2. The van der Waals surface area contributed by atoms with Gasteiger partial charge in [-0.1, -0.05) is 109 Å². The molecule has 276 valence electrons. The van der Waals surface area contributed by atoms with Crippen LogP contribution >= 0.6 is 11.3 Å². The van der Waals surface area contributed by atoms with Crippen molar-refractivity contribution in [2.24, 2.45) is 0 Å². The average Bonchev–Trinajstić information content (AvgIpc) is 3.94. The molecule has 0 saturated heterocycles. The summed E-state index contributed by atoms with van der Waals surface area (Å²) in [5.74, 6) is 0.626. The largest absolute Gasteiger partial charge is 0.436 e. The molecule has 0 spiro atoms. The molecule has 0 radical (unpaired) electrons. The van der Waals surface area contributed by atoms with Crippen LogP contribution in [0.25, 0.3) is 97.6 Å². The van der Waals surface area contributed by atoms with E-state index in [-0.39, 0.29) is 0 Å². The predicted molar refractivity (Wildman–Crippen MR) is 248 cm³/mol. The maximum absolute atomic E-state index is 6.12. The minimum atomic E-state index is 0.626. The number of nitrogens with zero attached hydrogens (tertiary/aromatic N) is 3. The predicted octanol–water partition coefficient (Wildman–Crippen LogP) is 15.5. The van der Waals surface area contributed by atoms with Crippen LogP contribution in [0.1, 0.15) is 0 Å². The highest BCUT2D eigenvalue weighted by molar-refractivity contribution is 7.21. The molecule has 2 aromatic heterocycles. The molecular weight excluding hydrogens is 739 g/mol. The first kappa shape index (κ1) is 33.5. The second-order valence-corrected chi connectivity index (χ2v) is 16.1. The summed E-state index contributed by atoms with van der Waals surface area (Å²) in [6.45, 7) is 0. The summed E-state index contributed by atoms with van der Waals surface area (Å²) < 4.78 is 7.32. The van der Waals surface area contributed by atoms with Crippen LogP contribution < -0.4 is 4.90 Å². The lowest BCUT2D eigenvalue weighted by atomic mass is 9.98. The first-order valence-corrected chi connectivity index (χ1v) is 20.6. The van der Waals surface area contributed by atoms with Crippen molar-refractivity contribution in [3.8, 4) is 33.2 Å². The van der Waals surface area contributed by atoms with E-state index < -0.39 is 0 Å². The Balaban J connectivity index is 0.951. The van der Waals surface area contributed by atoms with Crippen LogP contribution in [0, 0.1) is 0 Å². The molecule has 10 aromatic carbocycles. The van der Waals surface area contributed by atoms with Crippen LogP contribution in [0.5, 0.6) is 0 Å². The standard InChI is InChI=1S/C54H33N3OS/c1-2-8-35-27-36(14-13-34(35)7-1)37-15-16-41-31-46(24-21-38(41)28-37)57(47-25-22-39-29-44(19-17-42(39)32-47)53-55-49-9-3-5-11-51(49)58-53)48-26-23-40-30-45(20-18-43(40)33-48)54-56-50-10-4-6-12-52(50)59-54/h1-33H. The lowest BCUT2D eigenvalue weighted by molar-refractivity contribution is 0.620. The molecule has 0 aliphatic carbocycles. The summed E-state index contributed by atoms with van der Waals surface area (Å²) in [6, 6.07) is 71.6. The van der Waals surface area contributed by atoms with Gasteiger partial charge in [-0.25, -0.2) is 9.97 Å². The molecule has 0 aliphatic heterocycles. The van der Waals surface area contributed by atoms with Crippen LogP contribution in [0.3, 0.4) is 0 Å². The Morgan fingerprint density at radius 3 is 1.46 bits per heavy atom. The van der Waals surface area contributed by atoms with Gasteiger partial charge in [0.15, 0.2) is 5.58 Å². The van der Waals surface area contributed by atoms with Gasteiger partial charge in [0.05, 0.1) is 10.2 Å². The van der Waals surface area contributed by atoms with Crippen molar-refractivity contribution in [2.45, 2.75) is 0 Å². The van der Waals surface area contributed by atoms with Crippen LogP contribution in [0.4, 0.5) is 17.1 Å². The summed E-state index contributed by atoms with van der Waals surface area (Å²) >= 11 is 1.74. The van der Waals surface area contributed by atoms with Crippen molar-refractivity contribution in [3.63, 3.8) is 0 Å². The van der Waals surface area contributed by atoms with E-state index in [4.69, 9.17) is 14.4 Å². The Hall–Kier alpha value is -7.60. The summed E-state index contributed by atoms with van der Waals surface area (Å²) in [5, 5.41) is 10.5. The van der Waals surface area contributed by atoms with Gasteiger partial charge in [-0.2, -0.15) is 0 Å². The number of hydrogen-bond donors (Lipinski definition) is 0. The van der Waals surface area contributed by atoms with Crippen molar-refractivity contribution in [1.82, 2.24) is 9.97 Å². The van der Waals surface area contributed by atoms with E-state index in [1.165, 1.54) is 48.1 Å². The first-order valence-electron chi connectivity index (χ1n) is 19.8. The topological polar surface area (TPSA) is 42.2 Å². The van der Waals surface area contributed by atoms with Gasteiger partial charge in [0.2, 0.25) is 5.89 Å². The van der Waals surface area contributed by atoms with Crippen LogP contribution in [0.15, 0.2) is 205 Å². The molecule has 5 heteroatoms. The molecule has 0 saturated carbocycles. The van der Waals surface area contributed by atoms with E-state index in [1.807, 2.05) is 30.3 Å². The van der Waals surface area contributed by atoms with Crippen LogP contribution in [-0.4, -0.2) is 9.97 Å². The van der Waals surface area contributed by atoms with Gasteiger partial charge in [-0.05, 0) is 145 Å². The number of oxazole rings is 1. The number of anilines is 3. The molecule has 59 heavy (non-hydrogen) atoms. The van der Waals surface area contributed by atoms with Crippen molar-refractivity contribution in [3.05, 3.63) is 200 Å². The van der Waals surface area contributed by atoms with Crippen molar-refractivity contribution in [2.75, 3.05) is 4.90 Å². The zero-order valence-corrected chi connectivity index (χ0v) is 32.5. The van der Waals surface area contributed by atoms with Crippen LogP contribution in [0.2, 0.25) is 0 Å². The van der Waals surface area contributed by atoms with Gasteiger partial charge in [-0.15, -0.1) is 11.3 Å². The van der Waals surface area contributed by atoms with E-state index in [9.17, 15) is 0 Å². The SMILES string of the molecule is c1ccc2cc(-c3ccc4cc(N(c5ccc6cc(-c7nc8ccccc8o7)ccc6c5)c5ccc6cc(-c7nc8ccccc8s7)ccc6c5)ccc4c3)ccc2c1. The third-order valence-corrected chi connectivity index (χ3v) is 12.5. The summed E-state index contributed by atoms with van der Waals surface area (Å²) in [4.78, 5) is 12.1. The minimum Gasteiger partial charge on any atom is -0.436 e. The molecule has 2 heterocycles. The molecule has 0 fully saturated rings. The minimum absolute atomic E-state index is 0.626. The molecule has 0 N–H and O–H groups in total. The van der Waals surface area contributed by atoms with E-state index >= 15 is 0 Å². The number of thiazole rings is 1. The molecule has 0 atom stereocenters. The Labute approximate surface area is 343 Å². The fourth-order valence-corrected chi connectivity index (χ4v) is 9.33. The van der Waals surface area contributed by atoms with Crippen molar-refractivity contribution in [1.29, 1.82) is 0 Å². The summed E-state index contributed by atoms with van der Waals surface area (Å²) in [5.41, 5.74) is 10.4. The summed E-state index contributed by atoms with van der Waals surface area (Å²) in [6.07, 6.45) is 0. The van der Waals surface area contributed by atoms with Gasteiger partial charge in [0.25, 0.3) is 0 Å². The normalized spacial score (nSPS) is 11.7. The first-order chi connectivity index (χ1) is 29.1. The molecule has 12 rings (SSSR count). The van der Waals surface area contributed by atoms with E-state index in [1.54, 1.807) is 11.3 Å². The number of benzene rings is 10. The number of fused-ring (bicyclic) bond motifs is 6. The third-order valence-electron chi connectivity index (χ3n) is 11.4. The maximum atomic E-state index is 6.12. The second kappa shape index (κ2) is 13.5. The highest BCUT2D eigenvalue weighted by atomic mass is 32.1. The lowest BCUT2D eigenvalue weighted by Crippen LogP contribution is -2.10. The smallest absolute Gasteiger partial charge is 0.227 e. The monoisotopic (exact) mass is 771 g/mol. The Kier molecular flexibility index (Phi) is 7.68. The third kappa shape index (κ3) is 5.99. The molecule has 0 unspecified atom stereocenters. The quantitative estimate of drug-likeness (QED) is 0.169. The molecule has 4 nitrogen and oxygen atoms in total. The van der Waals surface area contributed by atoms with E-state index in [0.717, 1.165) is 60.6 Å². The highest BCUT2D eigenvalue weighted by Gasteiger charge is 2.17. The Bertz CT molecular complexity index is 3380. The fraction of sp³-hybridized carbons (Fsp3) is 0. The Morgan fingerprint density at radius 2 is 0.814 bits per heavy atom. The Morgan fingerprint density at radius 1 is 0.356 bits per heavy atom. The van der Waals surface area contributed by atoms with Crippen molar-refractivity contribution < 1.29 is 4.42 Å². The zero-order chi connectivity index (χ0) is 38.9. The van der Waals surface area contributed by atoms with E-state index in [0.29, 0.717) is 5.89 Å². The lowest BCUT2D eigenvalue weighted by Gasteiger charge is -2.26. The van der Waals surface area contributed by atoms with Gasteiger partial charge >= 0.3 is 0 Å². The molecule has 0 bridgehead atoms. The van der Waals surface area contributed by atoms with Gasteiger partial charge in [0.1, 0.15) is 10.5 Å². The number of rotatable bonds is 6. The average molecular weight is 772 g/mol. The highest BCUT2D eigenvalue weighted by Crippen LogP contribution is 2.41. The number of para-hydroxylation sites is 3. The second-order valence-electron chi connectivity index (χ2n) is 15.1. The van der Waals surface area contributed by atoms with Gasteiger partial charge < -0.3 is 9.32 Å². The van der Waals surface area contributed by atoms with E-state index in [2.05, 4.69) is 175 Å². The number of hydrogen-bond acceptors (Lipinski definition) is 5. The zero-order valence-electron chi connectivity index (χ0n) is 31.7. The summed E-state index contributed by atoms with van der Waals surface area (Å²) in [7, 11) is 0. The van der Waals surface area contributed by atoms with Crippen LogP contribution in [-0.2, 0) is 0 Å². The van der Waals surface area contributed by atoms with Crippen molar-refractivity contribution >= 4 is 92.8 Å². The molecule has 0 aliphatic rings. The maximum Gasteiger partial charge on any atom is 0.227 e. The van der Waals surface area contributed by atoms with Gasteiger partial charge in [0, 0.05) is 28.2 Å².